The lowest BCUT2D eigenvalue weighted by Gasteiger charge is -2.14. The number of non-ortho nitro benzene ring substituents is 1. The molecule has 2 rings (SSSR count). The van der Waals surface area contributed by atoms with Crippen LogP contribution in [0, 0.1) is 23.0 Å². The van der Waals surface area contributed by atoms with Crippen LogP contribution < -0.4 is 5.32 Å². The molecule has 2 unspecified atom stereocenters. The number of nitro groups is 1. The van der Waals surface area contributed by atoms with E-state index in [9.17, 15) is 14.9 Å². The van der Waals surface area contributed by atoms with Gasteiger partial charge in [-0.25, -0.2) is 0 Å². The summed E-state index contributed by atoms with van der Waals surface area (Å²) in [4.78, 5) is 21.2. The number of hydrogen-bond donors (Lipinski definition) is 2. The summed E-state index contributed by atoms with van der Waals surface area (Å²) in [6.45, 7) is 1.78. The van der Waals surface area contributed by atoms with Crippen molar-refractivity contribution < 1.29 is 14.8 Å². The van der Waals surface area contributed by atoms with E-state index in [2.05, 4.69) is 5.32 Å². The number of benzene rings is 1. The fourth-order valence-corrected chi connectivity index (χ4v) is 2.15. The third kappa shape index (κ3) is 3.09. The third-order valence-electron chi connectivity index (χ3n) is 3.03. The van der Waals surface area contributed by atoms with E-state index in [4.69, 9.17) is 5.11 Å². The lowest BCUT2D eigenvalue weighted by atomic mass is 10.1. The number of nitrogens with zero attached hydrogens (tertiary/aromatic N) is 1. The second kappa shape index (κ2) is 5.09. The minimum atomic E-state index is -0.851. The molecule has 0 aliphatic heterocycles. The SMILES string of the molecule is Cc1cc(NC2C=CC(C(=O)O)C2)cc([N+](=O)[O-])c1. The molecular weight excluding hydrogens is 248 g/mol. The van der Waals surface area contributed by atoms with Crippen LogP contribution in [0.15, 0.2) is 30.4 Å². The number of carboxylic acids is 1. The van der Waals surface area contributed by atoms with Crippen molar-refractivity contribution in [3.8, 4) is 0 Å². The summed E-state index contributed by atoms with van der Waals surface area (Å²) < 4.78 is 0. The Kier molecular flexibility index (Phi) is 3.50. The van der Waals surface area contributed by atoms with Gasteiger partial charge in [0.05, 0.1) is 10.8 Å². The minimum Gasteiger partial charge on any atom is -0.481 e. The Labute approximate surface area is 109 Å². The lowest BCUT2D eigenvalue weighted by Crippen LogP contribution is -2.18. The fourth-order valence-electron chi connectivity index (χ4n) is 2.15. The minimum absolute atomic E-state index is 0.0271. The lowest BCUT2D eigenvalue weighted by molar-refractivity contribution is -0.384. The number of aliphatic carboxylic acids is 1. The molecule has 0 saturated carbocycles. The number of rotatable bonds is 4. The normalized spacial score (nSPS) is 21.3. The molecule has 2 atom stereocenters. The zero-order chi connectivity index (χ0) is 14.0. The molecule has 2 N–H and O–H groups in total. The highest BCUT2D eigenvalue weighted by Crippen LogP contribution is 2.25. The van der Waals surface area contributed by atoms with Crippen molar-refractivity contribution in [3.05, 3.63) is 46.0 Å². The van der Waals surface area contributed by atoms with E-state index in [0.717, 1.165) is 5.56 Å². The number of carboxylic acid groups (broad SMARTS) is 1. The molecule has 0 fully saturated rings. The van der Waals surface area contributed by atoms with Gasteiger partial charge in [0.25, 0.3) is 5.69 Å². The summed E-state index contributed by atoms with van der Waals surface area (Å²) in [5.74, 6) is -1.34. The zero-order valence-electron chi connectivity index (χ0n) is 10.4. The van der Waals surface area contributed by atoms with Gasteiger partial charge in [-0.2, -0.15) is 0 Å². The number of hydrogen-bond acceptors (Lipinski definition) is 4. The predicted molar refractivity (Wildman–Crippen MR) is 70.1 cm³/mol. The first-order valence-corrected chi connectivity index (χ1v) is 5.89. The van der Waals surface area contributed by atoms with Gasteiger partial charge in [0.1, 0.15) is 0 Å². The Bertz CT molecular complexity index is 554. The van der Waals surface area contributed by atoms with Crippen LogP contribution in [0.1, 0.15) is 12.0 Å². The molecule has 0 heterocycles. The van der Waals surface area contributed by atoms with Gasteiger partial charge in [0, 0.05) is 23.9 Å². The number of aryl methyl sites for hydroxylation is 1. The van der Waals surface area contributed by atoms with Crippen LogP contribution in [0.25, 0.3) is 0 Å². The van der Waals surface area contributed by atoms with E-state index < -0.39 is 16.8 Å². The first-order chi connectivity index (χ1) is 8.95. The van der Waals surface area contributed by atoms with Gasteiger partial charge in [-0.1, -0.05) is 12.2 Å². The average molecular weight is 262 g/mol. The van der Waals surface area contributed by atoms with Crippen LogP contribution in [0.5, 0.6) is 0 Å². The highest BCUT2D eigenvalue weighted by atomic mass is 16.6. The maximum absolute atomic E-state index is 10.8. The molecule has 1 aromatic rings. The molecule has 19 heavy (non-hydrogen) atoms. The van der Waals surface area contributed by atoms with Gasteiger partial charge in [0.2, 0.25) is 0 Å². The quantitative estimate of drug-likeness (QED) is 0.493. The molecule has 1 aliphatic carbocycles. The largest absolute Gasteiger partial charge is 0.481 e. The summed E-state index contributed by atoms with van der Waals surface area (Å²) in [5, 5.41) is 22.8. The topological polar surface area (TPSA) is 92.5 Å². The van der Waals surface area contributed by atoms with Crippen molar-refractivity contribution in [2.45, 2.75) is 19.4 Å². The Balaban J connectivity index is 2.10. The van der Waals surface area contributed by atoms with Crippen molar-refractivity contribution in [3.63, 3.8) is 0 Å². The molecule has 0 aromatic heterocycles. The smallest absolute Gasteiger partial charge is 0.310 e. The zero-order valence-corrected chi connectivity index (χ0v) is 10.4. The van der Waals surface area contributed by atoms with Crippen molar-refractivity contribution >= 4 is 17.3 Å². The van der Waals surface area contributed by atoms with E-state index >= 15 is 0 Å². The summed E-state index contributed by atoms with van der Waals surface area (Å²) in [7, 11) is 0. The number of nitro benzene ring substituents is 1. The van der Waals surface area contributed by atoms with E-state index in [0.29, 0.717) is 12.1 Å². The van der Waals surface area contributed by atoms with E-state index in [1.54, 1.807) is 25.1 Å². The highest BCUT2D eigenvalue weighted by molar-refractivity contribution is 5.73. The Morgan fingerprint density at radius 3 is 2.74 bits per heavy atom. The van der Waals surface area contributed by atoms with Crippen LogP contribution in [0.3, 0.4) is 0 Å². The Morgan fingerprint density at radius 2 is 2.16 bits per heavy atom. The second-order valence-corrected chi connectivity index (χ2v) is 4.63. The fraction of sp³-hybridized carbons (Fsp3) is 0.308. The molecule has 1 aliphatic rings. The van der Waals surface area contributed by atoms with Crippen LogP contribution in [0.4, 0.5) is 11.4 Å². The van der Waals surface area contributed by atoms with Gasteiger partial charge in [-0.15, -0.1) is 0 Å². The summed E-state index contributed by atoms with van der Waals surface area (Å²) in [5.41, 5.74) is 1.44. The summed E-state index contributed by atoms with van der Waals surface area (Å²) in [6, 6.07) is 4.64. The number of carbonyl (C=O) groups is 1. The Morgan fingerprint density at radius 1 is 1.42 bits per heavy atom. The van der Waals surface area contributed by atoms with Gasteiger partial charge < -0.3 is 10.4 Å². The highest BCUT2D eigenvalue weighted by Gasteiger charge is 2.24. The average Bonchev–Trinajstić information content (AvgIpc) is 2.76. The molecule has 0 bridgehead atoms. The monoisotopic (exact) mass is 262 g/mol. The molecule has 0 radical (unpaired) electrons. The molecule has 6 heteroatoms. The van der Waals surface area contributed by atoms with Crippen molar-refractivity contribution in [2.75, 3.05) is 5.32 Å². The van der Waals surface area contributed by atoms with Gasteiger partial charge in [-0.3, -0.25) is 14.9 Å². The van der Waals surface area contributed by atoms with Crippen molar-refractivity contribution in [2.24, 2.45) is 5.92 Å². The third-order valence-corrected chi connectivity index (χ3v) is 3.03. The summed E-state index contributed by atoms with van der Waals surface area (Å²) >= 11 is 0. The molecular formula is C13H14N2O4. The van der Waals surface area contributed by atoms with Crippen molar-refractivity contribution in [1.82, 2.24) is 0 Å². The maximum Gasteiger partial charge on any atom is 0.310 e. The van der Waals surface area contributed by atoms with Crippen LogP contribution in [0.2, 0.25) is 0 Å². The molecule has 0 saturated heterocycles. The molecule has 6 nitrogen and oxygen atoms in total. The van der Waals surface area contributed by atoms with Crippen LogP contribution in [-0.4, -0.2) is 22.0 Å². The standard InChI is InChI=1S/C13H14N2O4/c1-8-4-11(7-12(5-8)15(18)19)14-10-3-2-9(6-10)13(16)17/h2-5,7,9-10,14H,6H2,1H3,(H,16,17). The molecule has 0 amide bonds. The number of nitrogens with one attached hydrogen (secondary N) is 1. The molecule has 1 aromatic carbocycles. The van der Waals surface area contributed by atoms with Gasteiger partial charge in [-0.05, 0) is 25.0 Å². The van der Waals surface area contributed by atoms with Crippen molar-refractivity contribution in [1.29, 1.82) is 0 Å². The van der Waals surface area contributed by atoms with E-state index in [1.807, 2.05) is 0 Å². The van der Waals surface area contributed by atoms with Gasteiger partial charge in [0.15, 0.2) is 0 Å². The van der Waals surface area contributed by atoms with E-state index in [-0.39, 0.29) is 11.7 Å². The molecule has 0 spiro atoms. The summed E-state index contributed by atoms with van der Waals surface area (Å²) in [6.07, 6.45) is 3.88. The first kappa shape index (κ1) is 13.1. The number of anilines is 1. The molecule has 100 valence electrons. The predicted octanol–water partition coefficient (Wildman–Crippen LogP) is 2.34. The Hall–Kier alpha value is -2.37. The van der Waals surface area contributed by atoms with Crippen LogP contribution >= 0.6 is 0 Å². The van der Waals surface area contributed by atoms with Crippen LogP contribution in [-0.2, 0) is 4.79 Å². The van der Waals surface area contributed by atoms with Gasteiger partial charge >= 0.3 is 5.97 Å². The second-order valence-electron chi connectivity index (χ2n) is 4.63. The first-order valence-electron chi connectivity index (χ1n) is 5.89. The maximum atomic E-state index is 10.8. The van der Waals surface area contributed by atoms with E-state index in [1.165, 1.54) is 12.1 Å².